The second kappa shape index (κ2) is 7.77. The lowest BCUT2D eigenvalue weighted by molar-refractivity contribution is 0.0977. The van der Waals surface area contributed by atoms with Crippen molar-refractivity contribution >= 4 is 52.1 Å². The van der Waals surface area contributed by atoms with E-state index in [0.29, 0.717) is 27.2 Å². The molecule has 0 aliphatic heterocycles. The summed E-state index contributed by atoms with van der Waals surface area (Å²) in [4.78, 5) is 12.2. The number of benzene rings is 2. The fourth-order valence-electron chi connectivity index (χ4n) is 1.96. The van der Waals surface area contributed by atoms with E-state index in [-0.39, 0.29) is 11.0 Å². The number of anilines is 1. The van der Waals surface area contributed by atoms with Gasteiger partial charge < -0.3 is 5.32 Å². The Balaban J connectivity index is 2.03. The summed E-state index contributed by atoms with van der Waals surface area (Å²) in [5.41, 5.74) is 2.17. The van der Waals surface area contributed by atoms with Gasteiger partial charge in [0.05, 0.1) is 15.7 Å². The lowest BCUT2D eigenvalue weighted by Gasteiger charge is -2.12. The van der Waals surface area contributed by atoms with Gasteiger partial charge in [0.15, 0.2) is 5.11 Å². The van der Waals surface area contributed by atoms with Gasteiger partial charge in [-0.1, -0.05) is 55.2 Å². The highest BCUT2D eigenvalue weighted by Gasteiger charge is 2.11. The Morgan fingerprint density at radius 3 is 2.13 bits per heavy atom. The molecule has 0 aliphatic carbocycles. The predicted octanol–water partition coefficient (Wildman–Crippen LogP) is 5.24. The Hall–Kier alpha value is -1.62. The molecule has 2 rings (SSSR count). The molecule has 0 bridgehead atoms. The fraction of sp³-hybridized carbons (Fsp3) is 0.176. The van der Waals surface area contributed by atoms with Crippen LogP contribution in [0, 0.1) is 0 Å². The molecule has 0 saturated heterocycles. The van der Waals surface area contributed by atoms with Crippen molar-refractivity contribution in [2.24, 2.45) is 0 Å². The lowest BCUT2D eigenvalue weighted by atomic mass is 10.0. The van der Waals surface area contributed by atoms with Gasteiger partial charge in [-0.2, -0.15) is 0 Å². The number of rotatable bonds is 3. The maximum absolute atomic E-state index is 12.2. The minimum atomic E-state index is -0.291. The first-order valence-corrected chi connectivity index (χ1v) is 8.21. The number of para-hydroxylation sites is 1. The number of carbonyl (C=O) groups excluding carboxylic acids is 1. The van der Waals surface area contributed by atoms with Gasteiger partial charge in [-0.3, -0.25) is 10.1 Å². The third kappa shape index (κ3) is 4.67. The Kier molecular flexibility index (Phi) is 5.99. The van der Waals surface area contributed by atoms with Crippen molar-refractivity contribution in [1.29, 1.82) is 0 Å². The highest BCUT2D eigenvalue weighted by atomic mass is 35.5. The molecule has 0 atom stereocenters. The first-order chi connectivity index (χ1) is 10.9. The summed E-state index contributed by atoms with van der Waals surface area (Å²) in [6.45, 7) is 4.20. The summed E-state index contributed by atoms with van der Waals surface area (Å²) >= 11 is 17.2. The van der Waals surface area contributed by atoms with Gasteiger partial charge in [-0.25, -0.2) is 0 Å². The standard InChI is InChI=1S/C17H16Cl2N2OS/c1-10(2)11-6-8-12(9-7-11)16(22)21-17(23)20-15-13(18)4-3-5-14(15)19/h3-10H,1-2H3,(H2,20,21,22,23). The van der Waals surface area contributed by atoms with Gasteiger partial charge in [0.25, 0.3) is 5.91 Å². The summed E-state index contributed by atoms with van der Waals surface area (Å²) < 4.78 is 0. The molecule has 2 N–H and O–H groups in total. The quantitative estimate of drug-likeness (QED) is 0.729. The number of hydrogen-bond acceptors (Lipinski definition) is 2. The largest absolute Gasteiger partial charge is 0.330 e. The van der Waals surface area contributed by atoms with Crippen LogP contribution in [0.5, 0.6) is 0 Å². The molecule has 0 saturated carbocycles. The zero-order valence-corrected chi connectivity index (χ0v) is 15.0. The molecule has 120 valence electrons. The molecule has 23 heavy (non-hydrogen) atoms. The van der Waals surface area contributed by atoms with Gasteiger partial charge in [0.2, 0.25) is 0 Å². The van der Waals surface area contributed by atoms with Crippen molar-refractivity contribution in [1.82, 2.24) is 5.32 Å². The zero-order chi connectivity index (χ0) is 17.0. The number of hydrogen-bond donors (Lipinski definition) is 2. The van der Waals surface area contributed by atoms with Crippen molar-refractivity contribution in [3.05, 3.63) is 63.6 Å². The van der Waals surface area contributed by atoms with Crippen molar-refractivity contribution in [3.63, 3.8) is 0 Å². The van der Waals surface area contributed by atoms with Crippen LogP contribution in [0.2, 0.25) is 10.0 Å². The van der Waals surface area contributed by atoms with Crippen LogP contribution in [-0.2, 0) is 0 Å². The molecule has 0 unspecified atom stereocenters. The van der Waals surface area contributed by atoms with E-state index in [1.54, 1.807) is 30.3 Å². The molecule has 0 spiro atoms. The topological polar surface area (TPSA) is 41.1 Å². The maximum atomic E-state index is 12.2. The third-order valence-corrected chi connectivity index (χ3v) is 4.10. The summed E-state index contributed by atoms with van der Waals surface area (Å²) in [7, 11) is 0. The number of halogens is 2. The minimum Gasteiger partial charge on any atom is -0.330 e. The predicted molar refractivity (Wildman–Crippen MR) is 101 cm³/mol. The van der Waals surface area contributed by atoms with E-state index in [2.05, 4.69) is 24.5 Å². The Morgan fingerprint density at radius 1 is 1.04 bits per heavy atom. The van der Waals surface area contributed by atoms with Crippen molar-refractivity contribution in [2.75, 3.05) is 5.32 Å². The molecule has 2 aromatic carbocycles. The number of nitrogens with one attached hydrogen (secondary N) is 2. The average Bonchev–Trinajstić information content (AvgIpc) is 2.51. The molecule has 6 heteroatoms. The van der Waals surface area contributed by atoms with Crippen LogP contribution in [0.4, 0.5) is 5.69 Å². The third-order valence-electron chi connectivity index (χ3n) is 3.27. The van der Waals surface area contributed by atoms with E-state index < -0.39 is 0 Å². The number of carbonyl (C=O) groups is 1. The SMILES string of the molecule is CC(C)c1ccc(C(=O)NC(=S)Nc2c(Cl)cccc2Cl)cc1. The van der Waals surface area contributed by atoms with Gasteiger partial charge in [0, 0.05) is 5.56 Å². The number of amides is 1. The summed E-state index contributed by atoms with van der Waals surface area (Å²) in [5, 5.41) is 6.45. The molecule has 2 aromatic rings. The summed E-state index contributed by atoms with van der Waals surface area (Å²) in [5.74, 6) is 0.123. The smallest absolute Gasteiger partial charge is 0.257 e. The molecule has 0 aliphatic rings. The molecular formula is C17H16Cl2N2OS. The zero-order valence-electron chi connectivity index (χ0n) is 12.7. The van der Waals surface area contributed by atoms with Crippen LogP contribution in [0.25, 0.3) is 0 Å². The van der Waals surface area contributed by atoms with E-state index in [0.717, 1.165) is 0 Å². The monoisotopic (exact) mass is 366 g/mol. The van der Waals surface area contributed by atoms with Crippen LogP contribution in [0.3, 0.4) is 0 Å². The molecule has 3 nitrogen and oxygen atoms in total. The van der Waals surface area contributed by atoms with E-state index in [4.69, 9.17) is 35.4 Å². The van der Waals surface area contributed by atoms with Crippen molar-refractivity contribution < 1.29 is 4.79 Å². The van der Waals surface area contributed by atoms with Crippen molar-refractivity contribution in [2.45, 2.75) is 19.8 Å². The molecule has 0 fully saturated rings. The molecule has 0 radical (unpaired) electrons. The Bertz CT molecular complexity index is 710. The summed E-state index contributed by atoms with van der Waals surface area (Å²) in [6, 6.07) is 12.5. The van der Waals surface area contributed by atoms with Crippen LogP contribution in [-0.4, -0.2) is 11.0 Å². The highest BCUT2D eigenvalue weighted by molar-refractivity contribution is 7.80. The summed E-state index contributed by atoms with van der Waals surface area (Å²) in [6.07, 6.45) is 0. The van der Waals surface area contributed by atoms with Crippen LogP contribution in [0.15, 0.2) is 42.5 Å². The minimum absolute atomic E-state index is 0.137. The van der Waals surface area contributed by atoms with Crippen LogP contribution in [0.1, 0.15) is 35.7 Å². The van der Waals surface area contributed by atoms with E-state index >= 15 is 0 Å². The van der Waals surface area contributed by atoms with Gasteiger partial charge in [-0.15, -0.1) is 0 Å². The Labute approximate surface area is 151 Å². The molecule has 0 heterocycles. The van der Waals surface area contributed by atoms with Gasteiger partial charge in [-0.05, 0) is 48.0 Å². The van der Waals surface area contributed by atoms with Crippen LogP contribution < -0.4 is 10.6 Å². The van der Waals surface area contributed by atoms with Gasteiger partial charge in [0.1, 0.15) is 0 Å². The van der Waals surface area contributed by atoms with Crippen molar-refractivity contribution in [3.8, 4) is 0 Å². The Morgan fingerprint density at radius 2 is 1.61 bits per heavy atom. The van der Waals surface area contributed by atoms with Crippen LogP contribution >= 0.6 is 35.4 Å². The normalized spacial score (nSPS) is 10.5. The van der Waals surface area contributed by atoms with E-state index in [1.165, 1.54) is 5.56 Å². The lowest BCUT2D eigenvalue weighted by Crippen LogP contribution is -2.34. The molecule has 0 aromatic heterocycles. The average molecular weight is 367 g/mol. The van der Waals surface area contributed by atoms with E-state index in [9.17, 15) is 4.79 Å². The van der Waals surface area contributed by atoms with E-state index in [1.807, 2.05) is 12.1 Å². The number of thiocarbonyl (C=S) groups is 1. The second-order valence-corrected chi connectivity index (χ2v) is 6.50. The second-order valence-electron chi connectivity index (χ2n) is 5.28. The molecule has 1 amide bonds. The maximum Gasteiger partial charge on any atom is 0.257 e. The first-order valence-electron chi connectivity index (χ1n) is 7.04. The first kappa shape index (κ1) is 17.7. The highest BCUT2D eigenvalue weighted by Crippen LogP contribution is 2.29. The molecular weight excluding hydrogens is 351 g/mol. The van der Waals surface area contributed by atoms with Gasteiger partial charge >= 0.3 is 0 Å². The fourth-order valence-corrected chi connectivity index (χ4v) is 2.64.